The fraction of sp³-hybridized carbons (Fsp3) is 0.533. The first-order valence-corrected chi connectivity index (χ1v) is 8.53. The van der Waals surface area contributed by atoms with E-state index in [9.17, 15) is 0 Å². The number of nitrogens with one attached hydrogen (secondary N) is 1. The molecule has 2 unspecified atom stereocenters. The van der Waals surface area contributed by atoms with Crippen LogP contribution in [0.2, 0.25) is 0 Å². The van der Waals surface area contributed by atoms with E-state index in [0.717, 1.165) is 10.7 Å². The molecule has 2 atom stereocenters. The Balaban J connectivity index is 2.04. The second kappa shape index (κ2) is 5.56. The molecule has 1 aromatic heterocycles. The molecule has 3 rings (SSSR count). The SMILES string of the molecule is CC1CCCC(n2c(=S)[nH]c3cc(I)ccc32)CC1. The number of hydrogen-bond acceptors (Lipinski definition) is 1. The van der Waals surface area contributed by atoms with E-state index in [0.29, 0.717) is 6.04 Å². The van der Waals surface area contributed by atoms with Gasteiger partial charge in [0.25, 0.3) is 0 Å². The van der Waals surface area contributed by atoms with Crippen molar-refractivity contribution in [1.29, 1.82) is 0 Å². The van der Waals surface area contributed by atoms with Crippen LogP contribution in [0.25, 0.3) is 11.0 Å². The molecule has 2 aromatic rings. The predicted molar refractivity (Wildman–Crippen MR) is 91.1 cm³/mol. The zero-order valence-corrected chi connectivity index (χ0v) is 14.1. The molecular formula is C15H19IN2S. The second-order valence-electron chi connectivity index (χ2n) is 5.73. The molecule has 1 aliphatic carbocycles. The monoisotopic (exact) mass is 386 g/mol. The van der Waals surface area contributed by atoms with Crippen molar-refractivity contribution in [3.63, 3.8) is 0 Å². The highest BCUT2D eigenvalue weighted by atomic mass is 127. The minimum Gasteiger partial charge on any atom is -0.331 e. The lowest BCUT2D eigenvalue weighted by atomic mass is 10.0. The molecule has 1 N–H and O–H groups in total. The van der Waals surface area contributed by atoms with Crippen molar-refractivity contribution in [2.75, 3.05) is 0 Å². The van der Waals surface area contributed by atoms with E-state index in [1.807, 2.05) is 0 Å². The number of hydrogen-bond donors (Lipinski definition) is 1. The fourth-order valence-electron chi connectivity index (χ4n) is 3.19. The van der Waals surface area contributed by atoms with Gasteiger partial charge >= 0.3 is 0 Å². The molecule has 1 saturated carbocycles. The molecule has 0 aliphatic heterocycles. The van der Waals surface area contributed by atoms with E-state index in [2.05, 4.69) is 57.3 Å². The van der Waals surface area contributed by atoms with Crippen molar-refractivity contribution in [3.8, 4) is 0 Å². The lowest BCUT2D eigenvalue weighted by Gasteiger charge is -2.17. The summed E-state index contributed by atoms with van der Waals surface area (Å²) in [5, 5.41) is 0. The van der Waals surface area contributed by atoms with Gasteiger partial charge in [-0.25, -0.2) is 0 Å². The van der Waals surface area contributed by atoms with Gasteiger partial charge in [-0.15, -0.1) is 0 Å². The van der Waals surface area contributed by atoms with Crippen LogP contribution in [0.4, 0.5) is 0 Å². The smallest absolute Gasteiger partial charge is 0.178 e. The largest absolute Gasteiger partial charge is 0.331 e. The van der Waals surface area contributed by atoms with Crippen LogP contribution in [0.1, 0.15) is 45.1 Å². The number of imidazole rings is 1. The summed E-state index contributed by atoms with van der Waals surface area (Å²) in [5.74, 6) is 0.866. The van der Waals surface area contributed by atoms with Gasteiger partial charge in [-0.05, 0) is 78.2 Å². The Bertz CT molecular complexity index is 643. The van der Waals surface area contributed by atoms with Gasteiger partial charge in [-0.3, -0.25) is 0 Å². The number of fused-ring (bicyclic) bond motifs is 1. The van der Waals surface area contributed by atoms with E-state index in [4.69, 9.17) is 12.2 Å². The van der Waals surface area contributed by atoms with Crippen molar-refractivity contribution in [2.24, 2.45) is 5.92 Å². The standard InChI is InChI=1S/C15H19IN2S/c1-10-3-2-4-12(7-5-10)18-14-8-6-11(16)9-13(14)17-15(18)19/h6,8-10,12H,2-5,7H2,1H3,(H,17,19). The molecule has 19 heavy (non-hydrogen) atoms. The predicted octanol–water partition coefficient (Wildman–Crippen LogP) is 5.44. The van der Waals surface area contributed by atoms with Crippen LogP contribution < -0.4 is 0 Å². The Hall–Kier alpha value is -0.360. The molecule has 1 heterocycles. The van der Waals surface area contributed by atoms with E-state index in [1.165, 1.54) is 46.7 Å². The topological polar surface area (TPSA) is 20.7 Å². The second-order valence-corrected chi connectivity index (χ2v) is 7.36. The Labute approximate surface area is 132 Å². The van der Waals surface area contributed by atoms with E-state index in [-0.39, 0.29) is 0 Å². The normalized spacial score (nSPS) is 24.5. The van der Waals surface area contributed by atoms with Crippen LogP contribution in [0.5, 0.6) is 0 Å². The number of aromatic nitrogens is 2. The average Bonchev–Trinajstić information content (AvgIpc) is 2.54. The van der Waals surface area contributed by atoms with Gasteiger partial charge in [-0.2, -0.15) is 0 Å². The molecule has 0 radical (unpaired) electrons. The van der Waals surface area contributed by atoms with Gasteiger partial charge in [0, 0.05) is 9.61 Å². The summed E-state index contributed by atoms with van der Waals surface area (Å²) in [6.07, 6.45) is 6.53. The molecule has 0 saturated heterocycles. The van der Waals surface area contributed by atoms with Gasteiger partial charge < -0.3 is 9.55 Å². The van der Waals surface area contributed by atoms with Crippen LogP contribution in [0.15, 0.2) is 18.2 Å². The third-order valence-corrected chi connectivity index (χ3v) is 5.24. The van der Waals surface area contributed by atoms with E-state index < -0.39 is 0 Å². The highest BCUT2D eigenvalue weighted by molar-refractivity contribution is 14.1. The molecule has 4 heteroatoms. The highest BCUT2D eigenvalue weighted by Gasteiger charge is 2.20. The third-order valence-electron chi connectivity index (χ3n) is 4.27. The number of H-pyrrole nitrogens is 1. The lowest BCUT2D eigenvalue weighted by molar-refractivity contribution is 0.438. The molecule has 1 aromatic carbocycles. The lowest BCUT2D eigenvalue weighted by Crippen LogP contribution is -2.08. The van der Waals surface area contributed by atoms with Crippen molar-refractivity contribution in [2.45, 2.75) is 45.1 Å². The number of nitrogens with zero attached hydrogens (tertiary/aromatic N) is 1. The van der Waals surface area contributed by atoms with Crippen LogP contribution in [-0.4, -0.2) is 9.55 Å². The first-order chi connectivity index (χ1) is 9.15. The van der Waals surface area contributed by atoms with Crippen molar-refractivity contribution in [3.05, 3.63) is 26.5 Å². The zero-order chi connectivity index (χ0) is 13.4. The van der Waals surface area contributed by atoms with Gasteiger partial charge in [0.05, 0.1) is 11.0 Å². The summed E-state index contributed by atoms with van der Waals surface area (Å²) < 4.78 is 4.50. The van der Waals surface area contributed by atoms with Crippen molar-refractivity contribution < 1.29 is 0 Å². The minimum absolute atomic E-state index is 0.575. The Morgan fingerprint density at radius 2 is 2.11 bits per heavy atom. The first kappa shape index (κ1) is 13.6. The Kier molecular flexibility index (Phi) is 3.98. The first-order valence-electron chi connectivity index (χ1n) is 7.05. The van der Waals surface area contributed by atoms with Crippen LogP contribution in [0, 0.1) is 14.3 Å². The van der Waals surface area contributed by atoms with E-state index >= 15 is 0 Å². The summed E-state index contributed by atoms with van der Waals surface area (Å²) >= 11 is 7.90. The van der Waals surface area contributed by atoms with Gasteiger partial charge in [0.1, 0.15) is 0 Å². The Morgan fingerprint density at radius 1 is 1.26 bits per heavy atom. The molecule has 0 spiro atoms. The number of halogens is 1. The molecule has 2 nitrogen and oxygen atoms in total. The zero-order valence-electron chi connectivity index (χ0n) is 11.2. The van der Waals surface area contributed by atoms with Gasteiger partial charge in [0.15, 0.2) is 4.77 Å². The average molecular weight is 386 g/mol. The fourth-order valence-corrected chi connectivity index (χ4v) is 4.04. The molecular weight excluding hydrogens is 367 g/mol. The highest BCUT2D eigenvalue weighted by Crippen LogP contribution is 2.33. The maximum absolute atomic E-state index is 5.56. The molecule has 1 fully saturated rings. The summed E-state index contributed by atoms with van der Waals surface area (Å²) in [6, 6.07) is 7.13. The third kappa shape index (κ3) is 2.75. The number of aromatic amines is 1. The Morgan fingerprint density at radius 3 is 2.95 bits per heavy atom. The van der Waals surface area contributed by atoms with Crippen molar-refractivity contribution >= 4 is 45.8 Å². The summed E-state index contributed by atoms with van der Waals surface area (Å²) in [5.41, 5.74) is 2.44. The van der Waals surface area contributed by atoms with Crippen LogP contribution in [0.3, 0.4) is 0 Å². The van der Waals surface area contributed by atoms with Crippen LogP contribution >= 0.6 is 34.8 Å². The number of benzene rings is 1. The number of rotatable bonds is 1. The summed E-state index contributed by atoms with van der Waals surface area (Å²) in [4.78, 5) is 3.37. The molecule has 0 amide bonds. The van der Waals surface area contributed by atoms with Crippen LogP contribution in [-0.2, 0) is 0 Å². The minimum atomic E-state index is 0.575. The summed E-state index contributed by atoms with van der Waals surface area (Å²) in [6.45, 7) is 2.37. The van der Waals surface area contributed by atoms with Gasteiger partial charge in [-0.1, -0.05) is 19.8 Å². The quantitative estimate of drug-likeness (QED) is 0.393. The molecule has 1 aliphatic rings. The maximum atomic E-state index is 5.56. The van der Waals surface area contributed by atoms with E-state index in [1.54, 1.807) is 0 Å². The van der Waals surface area contributed by atoms with Gasteiger partial charge in [0.2, 0.25) is 0 Å². The van der Waals surface area contributed by atoms with Crippen molar-refractivity contribution in [1.82, 2.24) is 9.55 Å². The molecule has 0 bridgehead atoms. The maximum Gasteiger partial charge on any atom is 0.178 e. The molecule has 102 valence electrons. The summed E-state index contributed by atoms with van der Waals surface area (Å²) in [7, 11) is 0.